The van der Waals surface area contributed by atoms with Gasteiger partial charge in [-0.1, -0.05) is 20.8 Å². The topological polar surface area (TPSA) is 41.5 Å². The van der Waals surface area contributed by atoms with Gasteiger partial charge in [-0.05, 0) is 49.4 Å². The lowest BCUT2D eigenvalue weighted by Crippen LogP contribution is -2.27. The van der Waals surface area contributed by atoms with Crippen molar-refractivity contribution >= 4 is 0 Å². The molecule has 1 aromatic carbocycles. The van der Waals surface area contributed by atoms with Crippen LogP contribution in [0.2, 0.25) is 0 Å². The molecule has 1 fully saturated rings. The van der Waals surface area contributed by atoms with Gasteiger partial charge in [-0.25, -0.2) is 0 Å². The van der Waals surface area contributed by atoms with Crippen LogP contribution in [0.15, 0.2) is 12.1 Å². The zero-order chi connectivity index (χ0) is 14.0. The van der Waals surface area contributed by atoms with E-state index in [2.05, 4.69) is 26.1 Å². The molecule has 1 heterocycles. The zero-order valence-corrected chi connectivity index (χ0v) is 12.4. The molecule has 106 valence electrons. The molecule has 2 rings (SSSR count). The monoisotopic (exact) mass is 263 g/mol. The summed E-state index contributed by atoms with van der Waals surface area (Å²) < 4.78 is 5.41. The Morgan fingerprint density at radius 3 is 2.37 bits per heavy atom. The van der Waals surface area contributed by atoms with Crippen LogP contribution < -0.4 is 10.1 Å². The largest absolute Gasteiger partial charge is 0.507 e. The van der Waals surface area contributed by atoms with Crippen LogP contribution >= 0.6 is 0 Å². The quantitative estimate of drug-likeness (QED) is 0.861. The van der Waals surface area contributed by atoms with Gasteiger partial charge in [0.25, 0.3) is 0 Å². The number of rotatable bonds is 2. The molecule has 0 spiro atoms. The summed E-state index contributed by atoms with van der Waals surface area (Å²) >= 11 is 0. The van der Waals surface area contributed by atoms with Crippen LogP contribution in [-0.2, 0) is 5.41 Å². The lowest BCUT2D eigenvalue weighted by Gasteiger charge is -2.28. The summed E-state index contributed by atoms with van der Waals surface area (Å²) in [6.07, 6.45) is 2.15. The number of nitrogens with one attached hydrogen (secondary N) is 1. The summed E-state index contributed by atoms with van der Waals surface area (Å²) in [7, 11) is 1.69. The molecule has 1 saturated heterocycles. The highest BCUT2D eigenvalue weighted by molar-refractivity contribution is 5.51. The fraction of sp³-hybridized carbons (Fsp3) is 0.625. The Kier molecular flexibility index (Phi) is 4.04. The van der Waals surface area contributed by atoms with Crippen LogP contribution in [0, 0.1) is 0 Å². The number of phenols is 1. The summed E-state index contributed by atoms with van der Waals surface area (Å²) in [5.74, 6) is 1.73. The average molecular weight is 263 g/mol. The van der Waals surface area contributed by atoms with Crippen molar-refractivity contribution in [3.8, 4) is 11.5 Å². The average Bonchev–Trinajstić information content (AvgIpc) is 2.38. The molecule has 1 aliphatic heterocycles. The minimum absolute atomic E-state index is 0.0830. The SMILES string of the molecule is COc1cc(C2CCNCC2)c(O)c(C(C)(C)C)c1. The minimum atomic E-state index is -0.0830. The molecule has 1 aromatic rings. The van der Waals surface area contributed by atoms with Crippen LogP contribution in [0.5, 0.6) is 11.5 Å². The van der Waals surface area contributed by atoms with Gasteiger partial charge in [0.05, 0.1) is 7.11 Å². The number of hydrogen-bond acceptors (Lipinski definition) is 3. The highest BCUT2D eigenvalue weighted by Crippen LogP contribution is 2.41. The van der Waals surface area contributed by atoms with Crippen LogP contribution in [0.1, 0.15) is 50.7 Å². The molecule has 3 heteroatoms. The molecule has 1 aliphatic rings. The number of aromatic hydroxyl groups is 1. The van der Waals surface area contributed by atoms with Gasteiger partial charge in [0.15, 0.2) is 0 Å². The van der Waals surface area contributed by atoms with Crippen LogP contribution in [-0.4, -0.2) is 25.3 Å². The van der Waals surface area contributed by atoms with Crippen molar-refractivity contribution in [1.29, 1.82) is 0 Å². The fourth-order valence-electron chi connectivity index (χ4n) is 2.76. The van der Waals surface area contributed by atoms with E-state index in [9.17, 15) is 5.11 Å². The Bertz CT molecular complexity index is 443. The molecule has 0 bridgehead atoms. The third-order valence-corrected chi connectivity index (χ3v) is 3.94. The summed E-state index contributed by atoms with van der Waals surface area (Å²) in [5.41, 5.74) is 1.94. The first kappa shape index (κ1) is 14.2. The van der Waals surface area contributed by atoms with Gasteiger partial charge in [0.2, 0.25) is 0 Å². The Morgan fingerprint density at radius 2 is 1.84 bits per heavy atom. The summed E-state index contributed by atoms with van der Waals surface area (Å²) in [5, 5.41) is 14.0. The molecule has 0 aromatic heterocycles. The maximum atomic E-state index is 10.6. The van der Waals surface area contributed by atoms with Crippen molar-refractivity contribution in [3.05, 3.63) is 23.3 Å². The molecule has 0 amide bonds. The van der Waals surface area contributed by atoms with E-state index in [1.165, 1.54) is 0 Å². The second-order valence-electron chi connectivity index (χ2n) is 6.39. The van der Waals surface area contributed by atoms with Gasteiger partial charge in [0, 0.05) is 11.1 Å². The van der Waals surface area contributed by atoms with E-state index in [0.29, 0.717) is 11.7 Å². The van der Waals surface area contributed by atoms with Gasteiger partial charge in [-0.15, -0.1) is 0 Å². The Balaban J connectivity index is 2.47. The third kappa shape index (κ3) is 3.03. The molecular formula is C16H25NO2. The number of benzene rings is 1. The summed E-state index contributed by atoms with van der Waals surface area (Å²) in [6.45, 7) is 8.40. The standard InChI is InChI=1S/C16H25NO2/c1-16(2,3)14-10-12(19-4)9-13(15(14)18)11-5-7-17-8-6-11/h9-11,17-18H,5-8H2,1-4H3. The van der Waals surface area contributed by atoms with Gasteiger partial charge < -0.3 is 15.2 Å². The Labute approximate surface area is 116 Å². The van der Waals surface area contributed by atoms with E-state index in [1.807, 2.05) is 12.1 Å². The molecule has 0 atom stereocenters. The number of ether oxygens (including phenoxy) is 1. The highest BCUT2D eigenvalue weighted by Gasteiger charge is 2.26. The van der Waals surface area contributed by atoms with Crippen LogP contribution in [0.3, 0.4) is 0 Å². The predicted octanol–water partition coefficient (Wildman–Crippen LogP) is 3.17. The maximum absolute atomic E-state index is 10.6. The molecule has 0 radical (unpaired) electrons. The Morgan fingerprint density at radius 1 is 1.21 bits per heavy atom. The number of hydrogen-bond donors (Lipinski definition) is 2. The number of methoxy groups -OCH3 is 1. The Hall–Kier alpha value is -1.22. The lowest BCUT2D eigenvalue weighted by molar-refractivity contribution is 0.390. The lowest BCUT2D eigenvalue weighted by atomic mass is 9.81. The van der Waals surface area contributed by atoms with E-state index in [0.717, 1.165) is 42.8 Å². The van der Waals surface area contributed by atoms with Crippen molar-refractivity contribution in [2.45, 2.75) is 44.9 Å². The maximum Gasteiger partial charge on any atom is 0.123 e. The fourth-order valence-corrected chi connectivity index (χ4v) is 2.76. The molecule has 2 N–H and O–H groups in total. The van der Waals surface area contributed by atoms with Crippen molar-refractivity contribution in [2.75, 3.05) is 20.2 Å². The van der Waals surface area contributed by atoms with Crippen LogP contribution in [0.25, 0.3) is 0 Å². The van der Waals surface area contributed by atoms with E-state index < -0.39 is 0 Å². The van der Waals surface area contributed by atoms with Crippen molar-refractivity contribution in [1.82, 2.24) is 5.32 Å². The van der Waals surface area contributed by atoms with E-state index in [-0.39, 0.29) is 5.41 Å². The first-order valence-corrected chi connectivity index (χ1v) is 7.05. The van der Waals surface area contributed by atoms with Crippen molar-refractivity contribution in [2.24, 2.45) is 0 Å². The molecule has 0 saturated carbocycles. The van der Waals surface area contributed by atoms with Gasteiger partial charge in [-0.3, -0.25) is 0 Å². The second-order valence-corrected chi connectivity index (χ2v) is 6.39. The van der Waals surface area contributed by atoms with Crippen molar-refractivity contribution < 1.29 is 9.84 Å². The second kappa shape index (κ2) is 5.41. The van der Waals surface area contributed by atoms with E-state index >= 15 is 0 Å². The van der Waals surface area contributed by atoms with Gasteiger partial charge in [0.1, 0.15) is 11.5 Å². The first-order valence-electron chi connectivity index (χ1n) is 7.05. The van der Waals surface area contributed by atoms with E-state index in [4.69, 9.17) is 4.74 Å². The van der Waals surface area contributed by atoms with Gasteiger partial charge >= 0.3 is 0 Å². The highest BCUT2D eigenvalue weighted by atomic mass is 16.5. The predicted molar refractivity (Wildman–Crippen MR) is 78.2 cm³/mol. The number of piperidine rings is 1. The smallest absolute Gasteiger partial charge is 0.123 e. The molecule has 19 heavy (non-hydrogen) atoms. The summed E-state index contributed by atoms with van der Waals surface area (Å²) in [4.78, 5) is 0. The first-order chi connectivity index (χ1) is 8.93. The zero-order valence-electron chi connectivity index (χ0n) is 12.4. The minimum Gasteiger partial charge on any atom is -0.507 e. The van der Waals surface area contributed by atoms with Crippen LogP contribution in [0.4, 0.5) is 0 Å². The summed E-state index contributed by atoms with van der Waals surface area (Å²) in [6, 6.07) is 3.96. The van der Waals surface area contributed by atoms with Crippen molar-refractivity contribution in [3.63, 3.8) is 0 Å². The third-order valence-electron chi connectivity index (χ3n) is 3.94. The van der Waals surface area contributed by atoms with Gasteiger partial charge in [-0.2, -0.15) is 0 Å². The molecule has 0 unspecified atom stereocenters. The molecular weight excluding hydrogens is 238 g/mol. The van der Waals surface area contributed by atoms with E-state index in [1.54, 1.807) is 7.11 Å². The normalized spacial score (nSPS) is 17.5. The molecule has 0 aliphatic carbocycles. The number of phenolic OH excluding ortho intramolecular Hbond substituents is 1. The molecule has 3 nitrogen and oxygen atoms in total.